The van der Waals surface area contributed by atoms with Crippen LogP contribution < -0.4 is 19.8 Å². The summed E-state index contributed by atoms with van der Waals surface area (Å²) in [5, 5.41) is 2.28. The number of amides is 3. The van der Waals surface area contributed by atoms with Crippen molar-refractivity contribution in [1.29, 1.82) is 0 Å². The highest BCUT2D eigenvalue weighted by Gasteiger charge is 2.56. The predicted molar refractivity (Wildman–Crippen MR) is 146 cm³/mol. The monoisotopic (exact) mass is 579 g/mol. The van der Waals surface area contributed by atoms with Crippen LogP contribution in [0.5, 0.6) is 5.75 Å². The van der Waals surface area contributed by atoms with E-state index in [1.54, 1.807) is 24.3 Å². The Bertz CT molecular complexity index is 1690. The number of aromatic amines is 1. The lowest BCUT2D eigenvalue weighted by Crippen LogP contribution is -2.32. The van der Waals surface area contributed by atoms with Gasteiger partial charge in [-0.25, -0.2) is 13.7 Å². The van der Waals surface area contributed by atoms with Gasteiger partial charge < -0.3 is 15.0 Å². The fourth-order valence-corrected chi connectivity index (χ4v) is 7.45. The second kappa shape index (κ2) is 10.4. The number of anilines is 2. The van der Waals surface area contributed by atoms with Gasteiger partial charge in [-0.3, -0.25) is 19.2 Å². The van der Waals surface area contributed by atoms with E-state index in [1.807, 2.05) is 0 Å². The van der Waals surface area contributed by atoms with Crippen LogP contribution in [0.25, 0.3) is 0 Å². The Hall–Kier alpha value is -4.29. The van der Waals surface area contributed by atoms with Gasteiger partial charge in [0.25, 0.3) is 5.91 Å². The summed E-state index contributed by atoms with van der Waals surface area (Å²) in [5.41, 5.74) is 1.18. The molecule has 3 heterocycles. The maximum atomic E-state index is 13.8. The molecule has 2 aliphatic rings. The van der Waals surface area contributed by atoms with Gasteiger partial charge >= 0.3 is 4.87 Å². The molecule has 1 saturated heterocycles. The number of hydrogen-bond donors (Lipinski definition) is 2. The van der Waals surface area contributed by atoms with Crippen LogP contribution in [0.3, 0.4) is 0 Å². The Balaban J connectivity index is 1.33. The van der Waals surface area contributed by atoms with Gasteiger partial charge in [0.05, 0.1) is 16.6 Å². The first kappa shape index (κ1) is 26.0. The van der Waals surface area contributed by atoms with Gasteiger partial charge in [-0.05, 0) is 54.6 Å². The van der Waals surface area contributed by atoms with Gasteiger partial charge in [-0.15, -0.1) is 0 Å². The molecule has 1 fully saturated rings. The van der Waals surface area contributed by atoms with Crippen molar-refractivity contribution in [2.45, 2.75) is 16.2 Å². The van der Waals surface area contributed by atoms with E-state index >= 15 is 0 Å². The molecule has 2 aliphatic heterocycles. The van der Waals surface area contributed by atoms with Gasteiger partial charge in [0, 0.05) is 22.0 Å². The smallest absolute Gasteiger partial charge is 0.305 e. The number of imide groups is 1. The average Bonchev–Trinajstić information content (AvgIpc) is 3.44. The number of fused-ring (bicyclic) bond motifs is 2. The lowest BCUT2D eigenvalue weighted by molar-refractivity contribution is -0.122. The molecule has 8 nitrogen and oxygen atoms in total. The molecule has 1 aromatic heterocycles. The summed E-state index contributed by atoms with van der Waals surface area (Å²) in [7, 11) is 0. The summed E-state index contributed by atoms with van der Waals surface area (Å²) >= 11 is 2.08. The van der Waals surface area contributed by atoms with Crippen molar-refractivity contribution in [2.24, 2.45) is 5.92 Å². The average molecular weight is 580 g/mol. The number of carbonyl (C=O) groups excluding carboxylic acids is 3. The van der Waals surface area contributed by atoms with E-state index in [0.29, 0.717) is 26.9 Å². The molecule has 4 aromatic rings. The number of H-pyrrole nitrogens is 1. The molecule has 0 saturated carbocycles. The molecule has 0 radical (unpaired) electrons. The molecular weight excluding hydrogens is 560 g/mol. The molecule has 3 atom stereocenters. The molecular formula is C28H19F2N3O5S2. The Kier molecular flexibility index (Phi) is 6.72. The van der Waals surface area contributed by atoms with Crippen molar-refractivity contribution in [1.82, 2.24) is 4.98 Å². The molecule has 2 unspecified atom stereocenters. The summed E-state index contributed by atoms with van der Waals surface area (Å²) in [5.74, 6) is -3.65. The van der Waals surface area contributed by atoms with Gasteiger partial charge in [0.15, 0.2) is 6.61 Å². The number of hydrogen-bond acceptors (Lipinski definition) is 7. The van der Waals surface area contributed by atoms with Crippen molar-refractivity contribution < 1.29 is 27.9 Å². The van der Waals surface area contributed by atoms with E-state index in [2.05, 4.69) is 10.3 Å². The fraction of sp³-hybridized carbons (Fsp3) is 0.143. The molecule has 0 spiro atoms. The summed E-state index contributed by atoms with van der Waals surface area (Å²) in [4.78, 5) is 56.3. The Morgan fingerprint density at radius 1 is 0.925 bits per heavy atom. The quantitative estimate of drug-likeness (QED) is 0.325. The number of carbonyl (C=O) groups is 3. The maximum absolute atomic E-state index is 13.8. The molecule has 6 rings (SSSR count). The van der Waals surface area contributed by atoms with Crippen LogP contribution in [0.4, 0.5) is 20.2 Å². The Labute approximate surface area is 234 Å². The fourth-order valence-electron chi connectivity index (χ4n) is 4.94. The third kappa shape index (κ3) is 4.69. The SMILES string of the molecule is O=C(COc1ccccc1[C@H]1c2sc(=O)[nH]c2SC2C(=O)N(c3ccc(F)cc3)C(=O)C21)Nc1ccc(F)cc1. The zero-order valence-electron chi connectivity index (χ0n) is 20.4. The molecule has 202 valence electrons. The van der Waals surface area contributed by atoms with Crippen molar-refractivity contribution in [2.75, 3.05) is 16.8 Å². The van der Waals surface area contributed by atoms with Gasteiger partial charge in [-0.2, -0.15) is 0 Å². The van der Waals surface area contributed by atoms with Gasteiger partial charge in [-0.1, -0.05) is 41.3 Å². The summed E-state index contributed by atoms with van der Waals surface area (Å²) < 4.78 is 32.6. The van der Waals surface area contributed by atoms with Crippen LogP contribution in [-0.4, -0.2) is 34.6 Å². The first-order valence-corrected chi connectivity index (χ1v) is 13.8. The number of aromatic nitrogens is 1. The number of thioether (sulfide) groups is 1. The van der Waals surface area contributed by atoms with Crippen LogP contribution in [0.1, 0.15) is 16.4 Å². The Morgan fingerprint density at radius 2 is 1.60 bits per heavy atom. The van der Waals surface area contributed by atoms with E-state index in [4.69, 9.17) is 4.74 Å². The minimum absolute atomic E-state index is 0.254. The van der Waals surface area contributed by atoms with E-state index < -0.39 is 46.4 Å². The first-order valence-electron chi connectivity index (χ1n) is 12.1. The zero-order valence-corrected chi connectivity index (χ0v) is 22.1. The number of benzene rings is 3. The number of ether oxygens (including phenoxy) is 1. The molecule has 0 aliphatic carbocycles. The third-order valence-electron chi connectivity index (χ3n) is 6.65. The molecule has 12 heteroatoms. The number of rotatable bonds is 6. The first-order chi connectivity index (χ1) is 19.3. The summed E-state index contributed by atoms with van der Waals surface area (Å²) in [6.45, 7) is -0.380. The second-order valence-corrected chi connectivity index (χ2v) is 11.3. The maximum Gasteiger partial charge on any atom is 0.305 e. The number of halogens is 2. The van der Waals surface area contributed by atoms with Crippen molar-refractivity contribution in [3.05, 3.63) is 105 Å². The third-order valence-corrected chi connectivity index (χ3v) is 9.05. The minimum Gasteiger partial charge on any atom is -0.483 e. The van der Waals surface area contributed by atoms with Crippen LogP contribution >= 0.6 is 23.1 Å². The standard InChI is InChI=1S/C28H19F2N3O5S2/c29-14-5-9-16(10-6-14)31-20(34)13-38-19-4-2-1-3-18(19)21-22-24(39-25-23(21)40-28(37)32-25)27(36)33(26(22)35)17-11-7-15(30)8-12-17/h1-12,21-22,24H,13H2,(H,31,34)(H,32,37)/t21-,22?,24?/m1/s1. The normalized spacial score (nSPS) is 19.8. The van der Waals surface area contributed by atoms with Crippen molar-refractivity contribution in [3.63, 3.8) is 0 Å². The largest absolute Gasteiger partial charge is 0.483 e. The second-order valence-electron chi connectivity index (χ2n) is 9.12. The highest BCUT2D eigenvalue weighted by atomic mass is 32.2. The van der Waals surface area contributed by atoms with Crippen LogP contribution in [0.15, 0.2) is 82.6 Å². The number of nitrogens with zero attached hydrogens (tertiary/aromatic N) is 1. The molecule has 3 amide bonds. The zero-order chi connectivity index (χ0) is 28.0. The lowest BCUT2D eigenvalue weighted by atomic mass is 9.82. The molecule has 3 aromatic carbocycles. The number of nitrogens with one attached hydrogen (secondary N) is 2. The van der Waals surface area contributed by atoms with E-state index in [9.17, 15) is 28.0 Å². The van der Waals surface area contributed by atoms with E-state index in [0.717, 1.165) is 28.0 Å². The highest BCUT2D eigenvalue weighted by molar-refractivity contribution is 8.00. The van der Waals surface area contributed by atoms with Crippen LogP contribution in [0, 0.1) is 17.6 Å². The number of thiazole rings is 1. The summed E-state index contributed by atoms with van der Waals surface area (Å²) in [6.07, 6.45) is 0. The predicted octanol–water partition coefficient (Wildman–Crippen LogP) is 4.53. The molecule has 40 heavy (non-hydrogen) atoms. The van der Waals surface area contributed by atoms with Crippen molar-refractivity contribution >= 4 is 52.2 Å². The van der Waals surface area contributed by atoms with E-state index in [1.165, 1.54) is 48.5 Å². The summed E-state index contributed by atoms with van der Waals surface area (Å²) in [6, 6.07) is 17.2. The van der Waals surface area contributed by atoms with Gasteiger partial charge in [0.2, 0.25) is 11.8 Å². The Morgan fingerprint density at radius 3 is 2.33 bits per heavy atom. The van der Waals surface area contributed by atoms with Gasteiger partial charge in [0.1, 0.15) is 22.6 Å². The molecule has 0 bridgehead atoms. The van der Waals surface area contributed by atoms with Crippen molar-refractivity contribution in [3.8, 4) is 5.75 Å². The highest BCUT2D eigenvalue weighted by Crippen LogP contribution is 2.54. The van der Waals surface area contributed by atoms with Crippen LogP contribution in [-0.2, 0) is 14.4 Å². The minimum atomic E-state index is -0.876. The number of para-hydroxylation sites is 1. The topological polar surface area (TPSA) is 109 Å². The molecule has 2 N–H and O–H groups in total. The van der Waals surface area contributed by atoms with E-state index in [-0.39, 0.29) is 17.2 Å². The lowest BCUT2D eigenvalue weighted by Gasteiger charge is -2.30. The van der Waals surface area contributed by atoms with Crippen LogP contribution in [0.2, 0.25) is 0 Å².